The summed E-state index contributed by atoms with van der Waals surface area (Å²) in [7, 11) is 0. The summed E-state index contributed by atoms with van der Waals surface area (Å²) in [5, 5.41) is 13.5. The molecule has 8 heteroatoms. The minimum absolute atomic E-state index is 0.00831. The Hall–Kier alpha value is -1.37. The molecule has 0 aliphatic rings. The van der Waals surface area contributed by atoms with Crippen LogP contribution in [0, 0.1) is 10.1 Å². The van der Waals surface area contributed by atoms with E-state index in [1.165, 1.54) is 0 Å². The number of hydrogen-bond acceptors (Lipinski definition) is 4. The van der Waals surface area contributed by atoms with Gasteiger partial charge in [0.15, 0.2) is 0 Å². The molecule has 1 amide bonds. The third-order valence-corrected chi connectivity index (χ3v) is 3.80. The number of nitro groups is 1. The minimum Gasteiger partial charge on any atom is -0.348 e. The molecule has 0 aliphatic carbocycles. The Morgan fingerprint density at radius 1 is 1.48 bits per heavy atom. The van der Waals surface area contributed by atoms with Gasteiger partial charge < -0.3 is 11.1 Å². The quantitative estimate of drug-likeness (QED) is 0.591. The average molecular weight is 334 g/mol. The first kappa shape index (κ1) is 17.7. The van der Waals surface area contributed by atoms with Crippen molar-refractivity contribution in [3.8, 4) is 0 Å². The van der Waals surface area contributed by atoms with Crippen molar-refractivity contribution in [2.75, 3.05) is 6.54 Å². The number of non-ortho nitro benzene ring substituents is 1. The predicted molar refractivity (Wildman–Crippen MR) is 83.0 cm³/mol. The smallest absolute Gasteiger partial charge is 0.271 e. The van der Waals surface area contributed by atoms with Gasteiger partial charge in [-0.1, -0.05) is 43.0 Å². The number of halogens is 2. The van der Waals surface area contributed by atoms with E-state index in [4.69, 9.17) is 28.9 Å². The predicted octanol–water partition coefficient (Wildman–Crippen LogP) is 3.15. The fourth-order valence-corrected chi connectivity index (χ4v) is 2.22. The zero-order chi connectivity index (χ0) is 16.0. The van der Waals surface area contributed by atoms with Crippen molar-refractivity contribution in [2.45, 2.75) is 32.2 Å². The maximum Gasteiger partial charge on any atom is 0.271 e. The Labute approximate surface area is 132 Å². The third-order valence-electron chi connectivity index (χ3n) is 2.99. The Morgan fingerprint density at radius 2 is 2.14 bits per heavy atom. The lowest BCUT2D eigenvalue weighted by Crippen LogP contribution is -2.40. The molecule has 1 aromatic carbocycles. The van der Waals surface area contributed by atoms with Gasteiger partial charge in [-0.3, -0.25) is 14.9 Å². The largest absolute Gasteiger partial charge is 0.348 e. The van der Waals surface area contributed by atoms with Gasteiger partial charge in [0.05, 0.1) is 20.5 Å². The summed E-state index contributed by atoms with van der Waals surface area (Å²) >= 11 is 11.8. The van der Waals surface area contributed by atoms with Crippen molar-refractivity contribution in [3.05, 3.63) is 37.9 Å². The lowest BCUT2D eigenvalue weighted by molar-refractivity contribution is -0.384. The average Bonchev–Trinajstić information content (AvgIpc) is 2.45. The van der Waals surface area contributed by atoms with Crippen molar-refractivity contribution in [1.29, 1.82) is 0 Å². The molecule has 0 fully saturated rings. The fraction of sp³-hybridized carbons (Fsp3) is 0.462. The molecule has 0 heterocycles. The maximum absolute atomic E-state index is 12.2. The lowest BCUT2D eigenvalue weighted by Gasteiger charge is -2.17. The van der Waals surface area contributed by atoms with Crippen LogP contribution in [0.25, 0.3) is 0 Å². The normalized spacial score (nSPS) is 12.0. The molecule has 0 spiro atoms. The van der Waals surface area contributed by atoms with Crippen molar-refractivity contribution in [3.63, 3.8) is 0 Å². The van der Waals surface area contributed by atoms with Crippen LogP contribution in [0.2, 0.25) is 10.0 Å². The number of benzene rings is 1. The van der Waals surface area contributed by atoms with Gasteiger partial charge in [-0.25, -0.2) is 0 Å². The second kappa shape index (κ2) is 8.17. The summed E-state index contributed by atoms with van der Waals surface area (Å²) in [4.78, 5) is 22.4. The summed E-state index contributed by atoms with van der Waals surface area (Å²) in [5.41, 5.74) is 5.30. The van der Waals surface area contributed by atoms with E-state index in [0.29, 0.717) is 0 Å². The second-order valence-electron chi connectivity index (χ2n) is 4.59. The molecule has 0 bridgehead atoms. The van der Waals surface area contributed by atoms with E-state index >= 15 is 0 Å². The number of nitrogens with one attached hydrogen (secondary N) is 1. The molecular weight excluding hydrogens is 317 g/mol. The molecule has 0 saturated heterocycles. The number of nitrogens with two attached hydrogens (primary N) is 1. The highest BCUT2D eigenvalue weighted by molar-refractivity contribution is 6.44. The van der Waals surface area contributed by atoms with E-state index in [0.717, 1.165) is 31.4 Å². The standard InChI is InChI=1S/C13H17Cl2N3O3/c1-2-3-4-8(7-16)17-13(19)10-5-9(18(20)21)6-11(14)12(10)15/h5-6,8H,2-4,7,16H2,1H3,(H,17,19). The molecule has 1 aromatic rings. The van der Waals surface area contributed by atoms with Crippen molar-refractivity contribution in [1.82, 2.24) is 5.32 Å². The number of carbonyl (C=O) groups is 1. The summed E-state index contributed by atoms with van der Waals surface area (Å²) in [5.74, 6) is -0.517. The van der Waals surface area contributed by atoms with E-state index in [9.17, 15) is 14.9 Å². The molecule has 21 heavy (non-hydrogen) atoms. The van der Waals surface area contributed by atoms with Crippen LogP contribution < -0.4 is 11.1 Å². The summed E-state index contributed by atoms with van der Waals surface area (Å²) < 4.78 is 0. The van der Waals surface area contributed by atoms with E-state index in [1.807, 2.05) is 6.92 Å². The van der Waals surface area contributed by atoms with Crippen LogP contribution in [0.3, 0.4) is 0 Å². The van der Waals surface area contributed by atoms with Crippen LogP contribution in [0.1, 0.15) is 36.5 Å². The molecule has 116 valence electrons. The molecule has 0 aromatic heterocycles. The van der Waals surface area contributed by atoms with Crippen LogP contribution in [-0.4, -0.2) is 23.4 Å². The first-order valence-corrected chi connectivity index (χ1v) is 7.30. The van der Waals surface area contributed by atoms with Gasteiger partial charge in [-0.2, -0.15) is 0 Å². The van der Waals surface area contributed by atoms with Gasteiger partial charge in [-0.15, -0.1) is 0 Å². The van der Waals surface area contributed by atoms with Crippen molar-refractivity contribution < 1.29 is 9.72 Å². The van der Waals surface area contributed by atoms with E-state index in [1.54, 1.807) is 0 Å². The molecule has 6 nitrogen and oxygen atoms in total. The van der Waals surface area contributed by atoms with Gasteiger partial charge >= 0.3 is 0 Å². The zero-order valence-corrected chi connectivity index (χ0v) is 13.1. The monoisotopic (exact) mass is 333 g/mol. The zero-order valence-electron chi connectivity index (χ0n) is 11.6. The van der Waals surface area contributed by atoms with Crippen LogP contribution in [0.4, 0.5) is 5.69 Å². The molecule has 0 aliphatic heterocycles. The second-order valence-corrected chi connectivity index (χ2v) is 5.38. The van der Waals surface area contributed by atoms with E-state index < -0.39 is 10.8 Å². The van der Waals surface area contributed by atoms with Gasteiger partial charge in [0.25, 0.3) is 11.6 Å². The minimum atomic E-state index is -0.628. The molecule has 0 saturated carbocycles. The Balaban J connectivity index is 2.98. The third kappa shape index (κ3) is 4.84. The lowest BCUT2D eigenvalue weighted by atomic mass is 10.1. The Morgan fingerprint density at radius 3 is 2.67 bits per heavy atom. The Bertz CT molecular complexity index is 538. The highest BCUT2D eigenvalue weighted by atomic mass is 35.5. The van der Waals surface area contributed by atoms with Crippen LogP contribution in [0.5, 0.6) is 0 Å². The van der Waals surface area contributed by atoms with Gasteiger partial charge in [0.2, 0.25) is 0 Å². The molecule has 1 rings (SSSR count). The highest BCUT2D eigenvalue weighted by Gasteiger charge is 2.21. The Kier molecular flexibility index (Phi) is 6.87. The highest BCUT2D eigenvalue weighted by Crippen LogP contribution is 2.30. The van der Waals surface area contributed by atoms with Crippen molar-refractivity contribution >= 4 is 34.8 Å². The maximum atomic E-state index is 12.2. The van der Waals surface area contributed by atoms with Gasteiger partial charge in [0.1, 0.15) is 0 Å². The van der Waals surface area contributed by atoms with Gasteiger partial charge in [0, 0.05) is 24.7 Å². The van der Waals surface area contributed by atoms with Crippen molar-refractivity contribution in [2.24, 2.45) is 5.73 Å². The first-order valence-electron chi connectivity index (χ1n) is 6.55. The molecule has 1 atom stereocenters. The number of rotatable bonds is 7. The molecular formula is C13H17Cl2N3O3. The van der Waals surface area contributed by atoms with E-state index in [2.05, 4.69) is 5.32 Å². The first-order chi connectivity index (χ1) is 9.90. The summed E-state index contributed by atoms with van der Waals surface area (Å²) in [6, 6.07) is 2.02. The van der Waals surface area contributed by atoms with Crippen LogP contribution in [0.15, 0.2) is 12.1 Å². The topological polar surface area (TPSA) is 98.3 Å². The summed E-state index contributed by atoms with van der Waals surface area (Å²) in [6.45, 7) is 2.32. The number of hydrogen-bond donors (Lipinski definition) is 2. The van der Waals surface area contributed by atoms with Gasteiger partial charge in [-0.05, 0) is 6.42 Å². The molecule has 3 N–H and O–H groups in total. The fourth-order valence-electron chi connectivity index (χ4n) is 1.81. The number of nitrogens with zero attached hydrogens (tertiary/aromatic N) is 1. The number of nitro benzene ring substituents is 1. The number of carbonyl (C=O) groups excluding carboxylic acids is 1. The molecule has 1 unspecified atom stereocenters. The SMILES string of the molecule is CCCCC(CN)NC(=O)c1cc([N+](=O)[O-])cc(Cl)c1Cl. The van der Waals surface area contributed by atoms with Crippen LogP contribution in [-0.2, 0) is 0 Å². The molecule has 0 radical (unpaired) electrons. The van der Waals surface area contributed by atoms with Crippen LogP contribution >= 0.6 is 23.2 Å². The summed E-state index contributed by atoms with van der Waals surface area (Å²) in [6.07, 6.45) is 2.64. The van der Waals surface area contributed by atoms with E-state index in [-0.39, 0.29) is 33.9 Å². The number of unbranched alkanes of at least 4 members (excludes halogenated alkanes) is 1. The number of amides is 1.